The van der Waals surface area contributed by atoms with Crippen LogP contribution < -0.4 is 0 Å². The highest BCUT2D eigenvalue weighted by Gasteiger charge is 2.19. The van der Waals surface area contributed by atoms with E-state index in [-0.39, 0.29) is 12.0 Å². The lowest BCUT2D eigenvalue weighted by atomic mass is 9.85. The van der Waals surface area contributed by atoms with Crippen LogP contribution in [-0.2, 0) is 5.41 Å². The summed E-state index contributed by atoms with van der Waals surface area (Å²) in [5, 5.41) is 9.46. The number of imidazole rings is 1. The molecule has 0 aliphatic heterocycles. The van der Waals surface area contributed by atoms with Gasteiger partial charge in [0.05, 0.1) is 18.3 Å². The Bertz CT molecular complexity index is 772. The molecule has 3 rings (SSSR count). The molecule has 108 valence electrons. The van der Waals surface area contributed by atoms with E-state index in [4.69, 9.17) is 0 Å². The Morgan fingerprint density at radius 1 is 1.14 bits per heavy atom. The molecular weight excluding hydrogens is 262 g/mol. The highest BCUT2D eigenvalue weighted by Crippen LogP contribution is 2.25. The van der Waals surface area contributed by atoms with Crippen molar-refractivity contribution in [3.05, 3.63) is 54.1 Å². The van der Waals surface area contributed by atoms with E-state index < -0.39 is 0 Å². The number of aryl methyl sites for hydroxylation is 1. The number of nitrogens with zero attached hydrogens (tertiary/aromatic N) is 3. The molecule has 4 heteroatoms. The van der Waals surface area contributed by atoms with Crippen LogP contribution in [0.1, 0.15) is 25.2 Å². The third-order valence-electron chi connectivity index (χ3n) is 3.93. The van der Waals surface area contributed by atoms with E-state index in [2.05, 4.69) is 38.8 Å². The van der Waals surface area contributed by atoms with Gasteiger partial charge in [0.25, 0.3) is 0 Å². The summed E-state index contributed by atoms with van der Waals surface area (Å²) in [5.74, 6) is 0.937. The molecular formula is C17H19N3O. The zero-order valence-corrected chi connectivity index (χ0v) is 12.5. The number of hydrogen-bond donors (Lipinski definition) is 1. The molecule has 2 aromatic heterocycles. The average molecular weight is 281 g/mol. The van der Waals surface area contributed by atoms with Crippen LogP contribution in [0.3, 0.4) is 0 Å². The van der Waals surface area contributed by atoms with Gasteiger partial charge in [-0.3, -0.25) is 9.55 Å². The Kier molecular flexibility index (Phi) is 3.26. The minimum Gasteiger partial charge on any atom is -0.395 e. The summed E-state index contributed by atoms with van der Waals surface area (Å²) < 4.78 is 2.12. The van der Waals surface area contributed by atoms with Gasteiger partial charge < -0.3 is 5.11 Å². The Balaban J connectivity index is 2.10. The van der Waals surface area contributed by atoms with Gasteiger partial charge in [-0.05, 0) is 30.7 Å². The van der Waals surface area contributed by atoms with Crippen molar-refractivity contribution < 1.29 is 5.11 Å². The molecule has 0 radical (unpaired) electrons. The summed E-state index contributed by atoms with van der Waals surface area (Å²) in [6, 6.07) is 10.2. The molecule has 0 aliphatic rings. The first-order chi connectivity index (χ1) is 10.0. The molecule has 4 nitrogen and oxygen atoms in total. The van der Waals surface area contributed by atoms with Gasteiger partial charge in [-0.1, -0.05) is 26.0 Å². The van der Waals surface area contributed by atoms with Gasteiger partial charge >= 0.3 is 0 Å². The maximum absolute atomic E-state index is 9.46. The molecule has 0 amide bonds. The standard InChI is InChI=1S/C17H19N3O/c1-12-19-15-10-18-9-8-16(15)20(12)14-6-4-13(5-7-14)17(2,3)11-21/h4-10,21H,11H2,1-3H3. The second kappa shape index (κ2) is 4.97. The molecule has 0 bridgehead atoms. The smallest absolute Gasteiger partial charge is 0.111 e. The summed E-state index contributed by atoms with van der Waals surface area (Å²) in [6.45, 7) is 6.19. The van der Waals surface area contributed by atoms with Crippen molar-refractivity contribution in [2.45, 2.75) is 26.2 Å². The lowest BCUT2D eigenvalue weighted by molar-refractivity contribution is 0.218. The Hall–Kier alpha value is -2.20. The van der Waals surface area contributed by atoms with E-state index in [1.807, 2.05) is 26.8 Å². The van der Waals surface area contributed by atoms with E-state index >= 15 is 0 Å². The van der Waals surface area contributed by atoms with Crippen LogP contribution in [-0.4, -0.2) is 26.2 Å². The lowest BCUT2D eigenvalue weighted by Gasteiger charge is -2.22. The molecule has 0 unspecified atom stereocenters. The number of aliphatic hydroxyl groups is 1. The summed E-state index contributed by atoms with van der Waals surface area (Å²) in [4.78, 5) is 8.65. The molecule has 2 heterocycles. The SMILES string of the molecule is Cc1nc2cnccc2n1-c1ccc(C(C)(C)CO)cc1. The van der Waals surface area contributed by atoms with E-state index in [0.717, 1.165) is 28.1 Å². The van der Waals surface area contributed by atoms with E-state index in [1.54, 1.807) is 12.4 Å². The second-order valence-electron chi connectivity index (χ2n) is 5.95. The van der Waals surface area contributed by atoms with Gasteiger partial charge in [-0.15, -0.1) is 0 Å². The maximum atomic E-state index is 9.46. The first-order valence-electron chi connectivity index (χ1n) is 7.04. The summed E-state index contributed by atoms with van der Waals surface area (Å²) in [7, 11) is 0. The van der Waals surface area contributed by atoms with Gasteiger partial charge in [0.2, 0.25) is 0 Å². The number of benzene rings is 1. The number of rotatable bonds is 3. The maximum Gasteiger partial charge on any atom is 0.111 e. The Labute approximate surface area is 124 Å². The minimum atomic E-state index is -0.228. The number of aromatic nitrogens is 3. The fraction of sp³-hybridized carbons (Fsp3) is 0.294. The van der Waals surface area contributed by atoms with Crippen LogP contribution >= 0.6 is 0 Å². The topological polar surface area (TPSA) is 50.9 Å². The van der Waals surface area contributed by atoms with Crippen LogP contribution in [0.4, 0.5) is 0 Å². The molecule has 0 fully saturated rings. The molecule has 3 aromatic rings. The van der Waals surface area contributed by atoms with Crippen molar-refractivity contribution in [3.8, 4) is 5.69 Å². The van der Waals surface area contributed by atoms with Crippen molar-refractivity contribution in [2.75, 3.05) is 6.61 Å². The Morgan fingerprint density at radius 3 is 2.52 bits per heavy atom. The van der Waals surface area contributed by atoms with E-state index in [9.17, 15) is 5.11 Å². The van der Waals surface area contributed by atoms with Crippen LogP contribution in [0.2, 0.25) is 0 Å². The van der Waals surface area contributed by atoms with E-state index in [0.29, 0.717) is 0 Å². The van der Waals surface area contributed by atoms with Crippen molar-refractivity contribution in [1.82, 2.24) is 14.5 Å². The van der Waals surface area contributed by atoms with Gasteiger partial charge in [0.1, 0.15) is 11.3 Å². The van der Waals surface area contributed by atoms with Crippen molar-refractivity contribution >= 4 is 11.0 Å². The van der Waals surface area contributed by atoms with E-state index in [1.165, 1.54) is 0 Å². The van der Waals surface area contributed by atoms with Gasteiger partial charge in [0, 0.05) is 17.3 Å². The van der Waals surface area contributed by atoms with Crippen LogP contribution in [0.25, 0.3) is 16.7 Å². The van der Waals surface area contributed by atoms with Crippen molar-refractivity contribution in [2.24, 2.45) is 0 Å². The monoisotopic (exact) mass is 281 g/mol. The molecule has 0 saturated heterocycles. The summed E-state index contributed by atoms with van der Waals surface area (Å²) in [6.07, 6.45) is 3.56. The van der Waals surface area contributed by atoms with Crippen LogP contribution in [0, 0.1) is 6.92 Å². The number of hydrogen-bond acceptors (Lipinski definition) is 3. The zero-order valence-electron chi connectivity index (χ0n) is 12.5. The first-order valence-corrected chi connectivity index (χ1v) is 7.04. The molecule has 0 aliphatic carbocycles. The fourth-order valence-corrected chi connectivity index (χ4v) is 2.53. The molecule has 1 aromatic carbocycles. The zero-order chi connectivity index (χ0) is 15.0. The fourth-order valence-electron chi connectivity index (χ4n) is 2.53. The normalized spacial score (nSPS) is 12.0. The van der Waals surface area contributed by atoms with Gasteiger partial charge in [0.15, 0.2) is 0 Å². The third-order valence-corrected chi connectivity index (χ3v) is 3.93. The quantitative estimate of drug-likeness (QED) is 0.803. The summed E-state index contributed by atoms with van der Waals surface area (Å²) >= 11 is 0. The highest BCUT2D eigenvalue weighted by atomic mass is 16.3. The van der Waals surface area contributed by atoms with Crippen molar-refractivity contribution in [1.29, 1.82) is 0 Å². The lowest BCUT2D eigenvalue weighted by Crippen LogP contribution is -2.21. The van der Waals surface area contributed by atoms with Gasteiger partial charge in [-0.2, -0.15) is 0 Å². The number of pyridine rings is 1. The predicted molar refractivity (Wildman–Crippen MR) is 83.7 cm³/mol. The van der Waals surface area contributed by atoms with Crippen LogP contribution in [0.15, 0.2) is 42.7 Å². The van der Waals surface area contributed by atoms with Gasteiger partial charge in [-0.25, -0.2) is 4.98 Å². The molecule has 1 N–H and O–H groups in total. The largest absolute Gasteiger partial charge is 0.395 e. The molecule has 0 atom stereocenters. The Morgan fingerprint density at radius 2 is 1.86 bits per heavy atom. The molecule has 21 heavy (non-hydrogen) atoms. The summed E-state index contributed by atoms with van der Waals surface area (Å²) in [5.41, 5.74) is 3.91. The minimum absolute atomic E-state index is 0.130. The highest BCUT2D eigenvalue weighted by molar-refractivity contribution is 5.77. The van der Waals surface area contributed by atoms with Crippen molar-refractivity contribution in [3.63, 3.8) is 0 Å². The molecule has 0 spiro atoms. The van der Waals surface area contributed by atoms with Crippen LogP contribution in [0.5, 0.6) is 0 Å². The predicted octanol–water partition coefficient (Wildman–Crippen LogP) is 3.00. The second-order valence-corrected chi connectivity index (χ2v) is 5.95. The number of fused-ring (bicyclic) bond motifs is 1. The average Bonchev–Trinajstić information content (AvgIpc) is 2.83. The molecule has 0 saturated carbocycles. The first kappa shape index (κ1) is 13.8. The number of aliphatic hydroxyl groups excluding tert-OH is 1. The third kappa shape index (κ3) is 2.32.